The van der Waals surface area contributed by atoms with Gasteiger partial charge in [-0.15, -0.1) is 0 Å². The smallest absolute Gasteiger partial charge is 0.247 e. The predicted molar refractivity (Wildman–Crippen MR) is 50.3 cm³/mol. The average Bonchev–Trinajstić information content (AvgIpc) is 2.11. The molecule has 80 valence electrons. The summed E-state index contributed by atoms with van der Waals surface area (Å²) in [4.78, 5) is 3.29. The minimum absolute atomic E-state index is 0.298. The van der Waals surface area contributed by atoms with Crippen molar-refractivity contribution in [2.75, 3.05) is 0 Å². The Kier molecular flexibility index (Phi) is 4.91. The second-order valence-corrected chi connectivity index (χ2v) is 2.69. The fourth-order valence-corrected chi connectivity index (χ4v) is 0.951. The summed E-state index contributed by atoms with van der Waals surface area (Å²) in [7, 11) is 0. The fraction of sp³-hybridized carbons (Fsp3) is 0.444. The number of pyridine rings is 1. The van der Waals surface area contributed by atoms with Gasteiger partial charge >= 0.3 is 6.18 Å². The van der Waals surface area contributed by atoms with Crippen molar-refractivity contribution in [3.05, 3.63) is 28.5 Å². The van der Waals surface area contributed by atoms with E-state index < -0.39 is 11.9 Å². The molecule has 1 heterocycles. The van der Waals surface area contributed by atoms with Gasteiger partial charge in [0.15, 0.2) is 5.69 Å². The Morgan fingerprint density at radius 2 is 1.71 bits per heavy atom. The fourth-order valence-electron chi connectivity index (χ4n) is 0.739. The molecule has 0 spiro atoms. The third-order valence-corrected chi connectivity index (χ3v) is 1.56. The molecule has 0 unspecified atom stereocenters. The highest BCUT2D eigenvalue weighted by atomic mass is 35.5. The van der Waals surface area contributed by atoms with Crippen LogP contribution in [0, 0.1) is 6.92 Å². The molecule has 1 nitrogen and oxygen atoms in total. The molecule has 1 rings (SSSR count). The largest absolute Gasteiger partial charge is 0.434 e. The van der Waals surface area contributed by atoms with E-state index in [0.717, 1.165) is 0 Å². The van der Waals surface area contributed by atoms with Crippen LogP contribution in [0.4, 0.5) is 13.2 Å². The van der Waals surface area contributed by atoms with E-state index in [9.17, 15) is 13.2 Å². The maximum absolute atomic E-state index is 12.1. The number of alkyl halides is 3. The minimum atomic E-state index is -4.47. The Morgan fingerprint density at radius 1 is 1.21 bits per heavy atom. The third-order valence-electron chi connectivity index (χ3n) is 1.25. The number of nitrogens with zero attached hydrogens (tertiary/aromatic N) is 1. The van der Waals surface area contributed by atoms with Crippen molar-refractivity contribution in [3.63, 3.8) is 0 Å². The van der Waals surface area contributed by atoms with Crippen LogP contribution in [0.3, 0.4) is 0 Å². The summed E-state index contributed by atoms with van der Waals surface area (Å²) in [5.74, 6) is 0. The SMILES string of the molecule is CC.Cc1ccc(Cl)c(C(F)(F)F)n1. The molecular formula is C9H11ClF3N. The first-order valence-electron chi connectivity index (χ1n) is 4.11. The minimum Gasteiger partial charge on any atom is -0.247 e. The molecule has 1 aromatic heterocycles. The second-order valence-electron chi connectivity index (χ2n) is 2.28. The Morgan fingerprint density at radius 3 is 2.07 bits per heavy atom. The molecule has 0 bridgehead atoms. The molecule has 0 atom stereocenters. The molecule has 5 heteroatoms. The highest BCUT2D eigenvalue weighted by Crippen LogP contribution is 2.32. The molecule has 0 saturated carbocycles. The van der Waals surface area contributed by atoms with Gasteiger partial charge in [0.25, 0.3) is 0 Å². The Labute approximate surface area is 85.9 Å². The second kappa shape index (κ2) is 5.20. The zero-order chi connectivity index (χ0) is 11.4. The number of aromatic nitrogens is 1. The molecule has 0 aliphatic heterocycles. The van der Waals surface area contributed by atoms with Crippen LogP contribution >= 0.6 is 11.6 Å². The van der Waals surface area contributed by atoms with E-state index in [-0.39, 0.29) is 5.02 Å². The van der Waals surface area contributed by atoms with Crippen LogP contribution in [0.2, 0.25) is 5.02 Å². The number of hydrogen-bond donors (Lipinski definition) is 0. The molecular weight excluding hydrogens is 215 g/mol. The predicted octanol–water partition coefficient (Wildman–Crippen LogP) is 4.09. The highest BCUT2D eigenvalue weighted by molar-refractivity contribution is 6.31. The number of hydrogen-bond acceptors (Lipinski definition) is 1. The summed E-state index contributed by atoms with van der Waals surface area (Å²) in [5.41, 5.74) is -0.726. The van der Waals surface area contributed by atoms with Crippen molar-refractivity contribution in [2.45, 2.75) is 26.9 Å². The molecule has 0 radical (unpaired) electrons. The number of aryl methyl sites for hydroxylation is 1. The lowest BCUT2D eigenvalue weighted by Crippen LogP contribution is -2.09. The first-order valence-corrected chi connectivity index (χ1v) is 4.49. The molecule has 14 heavy (non-hydrogen) atoms. The van der Waals surface area contributed by atoms with Crippen molar-refractivity contribution in [2.24, 2.45) is 0 Å². The van der Waals surface area contributed by atoms with Crippen molar-refractivity contribution in [1.82, 2.24) is 4.98 Å². The van der Waals surface area contributed by atoms with E-state index >= 15 is 0 Å². The van der Waals surface area contributed by atoms with Crippen LogP contribution < -0.4 is 0 Å². The topological polar surface area (TPSA) is 12.9 Å². The Balaban J connectivity index is 0.000000791. The van der Waals surface area contributed by atoms with Gasteiger partial charge in [-0.3, -0.25) is 0 Å². The number of rotatable bonds is 0. The summed E-state index contributed by atoms with van der Waals surface area (Å²) in [6, 6.07) is 2.62. The molecule has 1 aromatic rings. The van der Waals surface area contributed by atoms with Crippen molar-refractivity contribution in [1.29, 1.82) is 0 Å². The van der Waals surface area contributed by atoms with Crippen LogP contribution in [0.25, 0.3) is 0 Å². The third kappa shape index (κ3) is 3.54. The van der Waals surface area contributed by atoms with Gasteiger partial charge in [0, 0.05) is 5.69 Å². The van der Waals surface area contributed by atoms with Gasteiger partial charge in [0.2, 0.25) is 0 Å². The quantitative estimate of drug-likeness (QED) is 0.648. The van der Waals surface area contributed by atoms with Crippen molar-refractivity contribution < 1.29 is 13.2 Å². The molecule has 0 aromatic carbocycles. The van der Waals surface area contributed by atoms with E-state index in [4.69, 9.17) is 11.6 Å². The summed E-state index contributed by atoms with van der Waals surface area (Å²) in [6.45, 7) is 5.48. The Bertz CT molecular complexity index is 297. The summed E-state index contributed by atoms with van der Waals surface area (Å²) < 4.78 is 36.2. The standard InChI is InChI=1S/C7H5ClF3N.C2H6/c1-4-2-3-5(8)6(12-4)7(9,10)11;1-2/h2-3H,1H3;1-2H3. The number of halogens is 4. The van der Waals surface area contributed by atoms with E-state index in [1.807, 2.05) is 13.8 Å². The molecule has 0 aliphatic rings. The molecule has 0 aliphatic carbocycles. The highest BCUT2D eigenvalue weighted by Gasteiger charge is 2.35. The van der Waals surface area contributed by atoms with Gasteiger partial charge in [0.1, 0.15) is 0 Å². The first-order chi connectivity index (χ1) is 6.41. The van der Waals surface area contributed by atoms with Gasteiger partial charge in [-0.05, 0) is 19.1 Å². The lowest BCUT2D eigenvalue weighted by molar-refractivity contribution is -0.141. The molecule has 0 fully saturated rings. The summed E-state index contributed by atoms with van der Waals surface area (Å²) in [6.07, 6.45) is -4.47. The normalized spacial score (nSPS) is 10.5. The lowest BCUT2D eigenvalue weighted by atomic mass is 10.3. The van der Waals surface area contributed by atoms with Crippen molar-refractivity contribution >= 4 is 11.6 Å². The van der Waals surface area contributed by atoms with Crippen LogP contribution in [0.15, 0.2) is 12.1 Å². The lowest BCUT2D eigenvalue weighted by Gasteiger charge is -2.07. The summed E-state index contributed by atoms with van der Waals surface area (Å²) in [5, 5.41) is -0.367. The van der Waals surface area contributed by atoms with Gasteiger partial charge in [-0.2, -0.15) is 13.2 Å². The maximum atomic E-state index is 12.1. The van der Waals surface area contributed by atoms with Crippen LogP contribution in [0.1, 0.15) is 25.2 Å². The summed E-state index contributed by atoms with van der Waals surface area (Å²) >= 11 is 5.30. The van der Waals surface area contributed by atoms with Crippen LogP contribution in [0.5, 0.6) is 0 Å². The zero-order valence-corrected chi connectivity index (χ0v) is 8.87. The van der Waals surface area contributed by atoms with Crippen LogP contribution in [-0.2, 0) is 6.18 Å². The Hall–Kier alpha value is -0.770. The van der Waals surface area contributed by atoms with Crippen molar-refractivity contribution in [3.8, 4) is 0 Å². The molecule has 0 N–H and O–H groups in total. The zero-order valence-electron chi connectivity index (χ0n) is 8.11. The monoisotopic (exact) mass is 225 g/mol. The maximum Gasteiger partial charge on any atom is 0.434 e. The average molecular weight is 226 g/mol. The van der Waals surface area contributed by atoms with Crippen LogP contribution in [-0.4, -0.2) is 4.98 Å². The van der Waals surface area contributed by atoms with E-state index in [0.29, 0.717) is 5.69 Å². The van der Waals surface area contributed by atoms with Gasteiger partial charge in [-0.25, -0.2) is 4.98 Å². The van der Waals surface area contributed by atoms with E-state index in [1.165, 1.54) is 19.1 Å². The van der Waals surface area contributed by atoms with E-state index in [1.54, 1.807) is 0 Å². The molecule has 0 amide bonds. The van der Waals surface area contributed by atoms with E-state index in [2.05, 4.69) is 4.98 Å². The van der Waals surface area contributed by atoms with Gasteiger partial charge in [-0.1, -0.05) is 25.4 Å². The first kappa shape index (κ1) is 13.2. The molecule has 0 saturated heterocycles. The van der Waals surface area contributed by atoms with Gasteiger partial charge in [0.05, 0.1) is 5.02 Å². The van der Waals surface area contributed by atoms with Gasteiger partial charge < -0.3 is 0 Å².